The van der Waals surface area contributed by atoms with E-state index in [4.69, 9.17) is 0 Å². The number of fused-ring (bicyclic) bond motifs is 3. The number of nitrogens with one attached hydrogen (secondary N) is 1. The maximum absolute atomic E-state index is 13.0. The lowest BCUT2D eigenvalue weighted by molar-refractivity contribution is 0.500. The lowest BCUT2D eigenvalue weighted by Gasteiger charge is -2.06. The molecule has 0 bridgehead atoms. The predicted octanol–water partition coefficient (Wildman–Crippen LogP) is 2.43. The highest BCUT2D eigenvalue weighted by Crippen LogP contribution is 2.31. The topological polar surface area (TPSA) is 108 Å². The molecule has 0 saturated carbocycles. The number of aryl methyl sites for hydroxylation is 1. The van der Waals surface area contributed by atoms with Crippen LogP contribution in [0.25, 0.3) is 39.0 Å². The number of nitrogens with zero attached hydrogens (tertiary/aromatic N) is 5. The molecule has 1 aliphatic rings. The van der Waals surface area contributed by atoms with Crippen molar-refractivity contribution in [1.29, 1.82) is 0 Å². The van der Waals surface area contributed by atoms with E-state index >= 15 is 0 Å². The van der Waals surface area contributed by atoms with Crippen LogP contribution < -0.4 is 5.69 Å². The molecule has 5 heterocycles. The summed E-state index contributed by atoms with van der Waals surface area (Å²) >= 11 is 0. The summed E-state index contributed by atoms with van der Waals surface area (Å²) in [6.07, 6.45) is 5.86. The first-order valence-electron chi connectivity index (χ1n) is 10.3. The molecule has 1 unspecified atom stereocenters. The minimum Gasteiger partial charge on any atom is -0.339 e. The lowest BCUT2D eigenvalue weighted by Crippen LogP contribution is -2.20. The molecular formula is C22H20N6O3S. The molecule has 0 radical (unpaired) electrons. The van der Waals surface area contributed by atoms with Crippen LogP contribution in [0, 0.1) is 0 Å². The zero-order valence-corrected chi connectivity index (χ0v) is 18.1. The van der Waals surface area contributed by atoms with Gasteiger partial charge in [-0.25, -0.2) is 18.2 Å². The number of sulfone groups is 1. The van der Waals surface area contributed by atoms with Crippen LogP contribution in [0.4, 0.5) is 0 Å². The van der Waals surface area contributed by atoms with Gasteiger partial charge >= 0.3 is 5.69 Å². The number of pyridine rings is 1. The van der Waals surface area contributed by atoms with E-state index in [9.17, 15) is 13.2 Å². The van der Waals surface area contributed by atoms with E-state index in [1.54, 1.807) is 33.3 Å². The van der Waals surface area contributed by atoms with Crippen molar-refractivity contribution in [3.63, 3.8) is 0 Å². The van der Waals surface area contributed by atoms with Crippen molar-refractivity contribution in [3.05, 3.63) is 65.5 Å². The molecule has 4 aromatic heterocycles. The minimum absolute atomic E-state index is 0.121. The molecule has 1 aliphatic heterocycles. The third-order valence-corrected chi connectivity index (χ3v) is 7.93. The summed E-state index contributed by atoms with van der Waals surface area (Å²) in [4.78, 5) is 20.9. The van der Waals surface area contributed by atoms with Gasteiger partial charge < -0.3 is 4.98 Å². The predicted molar refractivity (Wildman–Crippen MR) is 122 cm³/mol. The summed E-state index contributed by atoms with van der Waals surface area (Å²) in [5.41, 5.74) is 4.48. The molecule has 0 amide bonds. The van der Waals surface area contributed by atoms with Crippen LogP contribution in [0.1, 0.15) is 12.5 Å². The van der Waals surface area contributed by atoms with Gasteiger partial charge in [0.25, 0.3) is 0 Å². The summed E-state index contributed by atoms with van der Waals surface area (Å²) in [5.74, 6) is 0.322. The summed E-state index contributed by atoms with van der Waals surface area (Å²) in [6, 6.07) is 11.4. The Bertz CT molecular complexity index is 1660. The Morgan fingerprint density at radius 3 is 2.72 bits per heavy atom. The Morgan fingerprint density at radius 2 is 1.97 bits per heavy atom. The number of aromatic amines is 1. The number of H-pyrrole nitrogens is 1. The number of benzene rings is 1. The van der Waals surface area contributed by atoms with Crippen LogP contribution >= 0.6 is 0 Å². The Morgan fingerprint density at radius 1 is 1.16 bits per heavy atom. The molecule has 1 fully saturated rings. The quantitative estimate of drug-likeness (QED) is 0.456. The standard InChI is InChI=1S/C22H20N6O3S/c1-26-19-11-23-21-17(20(19)28(22(26)29)15-5-3-2-4-6-15)9-18(25-21)14-10-24-27(12-14)16-7-8-32(30,31)13-16/h2-6,9-12,16H,7-8,13H2,1H3,(H,23,25). The average molecular weight is 449 g/mol. The highest BCUT2D eigenvalue weighted by molar-refractivity contribution is 7.91. The van der Waals surface area contributed by atoms with Gasteiger partial charge in [0.1, 0.15) is 5.65 Å². The van der Waals surface area contributed by atoms with E-state index in [1.807, 2.05) is 42.6 Å². The van der Waals surface area contributed by atoms with Crippen molar-refractivity contribution in [2.45, 2.75) is 12.5 Å². The summed E-state index contributed by atoms with van der Waals surface area (Å²) in [5, 5.41) is 5.24. The molecule has 5 aromatic rings. The molecule has 1 N–H and O–H groups in total. The highest BCUT2D eigenvalue weighted by Gasteiger charge is 2.29. The third kappa shape index (κ3) is 2.83. The number of imidazole rings is 1. The summed E-state index contributed by atoms with van der Waals surface area (Å²) in [7, 11) is -1.25. The first kappa shape index (κ1) is 19.1. The van der Waals surface area contributed by atoms with Gasteiger partial charge in [-0.1, -0.05) is 18.2 Å². The van der Waals surface area contributed by atoms with Crippen LogP contribution in [0.15, 0.2) is 59.8 Å². The van der Waals surface area contributed by atoms with Gasteiger partial charge in [-0.2, -0.15) is 5.10 Å². The van der Waals surface area contributed by atoms with Crippen molar-refractivity contribution >= 4 is 31.9 Å². The number of rotatable bonds is 3. The monoisotopic (exact) mass is 448 g/mol. The summed E-state index contributed by atoms with van der Waals surface area (Å²) in [6.45, 7) is 0. The minimum atomic E-state index is -2.99. The molecule has 162 valence electrons. The van der Waals surface area contributed by atoms with E-state index in [0.717, 1.165) is 33.4 Å². The van der Waals surface area contributed by atoms with Crippen molar-refractivity contribution < 1.29 is 8.42 Å². The van der Waals surface area contributed by atoms with Gasteiger partial charge in [-0.3, -0.25) is 13.8 Å². The number of hydrogen-bond acceptors (Lipinski definition) is 5. The van der Waals surface area contributed by atoms with E-state index in [1.165, 1.54) is 0 Å². The molecule has 1 aromatic carbocycles. The van der Waals surface area contributed by atoms with Crippen molar-refractivity contribution in [3.8, 4) is 16.9 Å². The van der Waals surface area contributed by atoms with Gasteiger partial charge in [0.05, 0.1) is 52.4 Å². The fraction of sp³-hybridized carbons (Fsp3) is 0.227. The molecule has 1 saturated heterocycles. The van der Waals surface area contributed by atoms with Crippen molar-refractivity contribution in [1.82, 2.24) is 28.9 Å². The largest absolute Gasteiger partial charge is 0.339 e. The molecule has 10 heteroatoms. The molecule has 0 aliphatic carbocycles. The maximum Gasteiger partial charge on any atom is 0.333 e. The van der Waals surface area contributed by atoms with E-state index < -0.39 is 9.84 Å². The maximum atomic E-state index is 13.0. The van der Waals surface area contributed by atoms with Gasteiger partial charge in [0.15, 0.2) is 9.84 Å². The van der Waals surface area contributed by atoms with Gasteiger partial charge in [0.2, 0.25) is 0 Å². The molecule has 9 nitrogen and oxygen atoms in total. The second kappa shape index (κ2) is 6.67. The Labute approximate surface area is 182 Å². The zero-order valence-electron chi connectivity index (χ0n) is 17.3. The zero-order chi connectivity index (χ0) is 22.0. The Balaban J connectivity index is 1.51. The average Bonchev–Trinajstić information content (AvgIpc) is 3.54. The highest BCUT2D eigenvalue weighted by atomic mass is 32.2. The van der Waals surface area contributed by atoms with Gasteiger partial charge in [0, 0.05) is 24.2 Å². The SMILES string of the molecule is Cn1c(=O)n(-c2ccccc2)c2c3cc(-c4cnn(C5CCS(=O)(=O)C5)c4)[nH]c3ncc21. The van der Waals surface area contributed by atoms with E-state index in [2.05, 4.69) is 15.1 Å². The number of para-hydroxylation sites is 1. The second-order valence-electron chi connectivity index (χ2n) is 8.22. The number of aromatic nitrogens is 6. The van der Waals surface area contributed by atoms with Crippen LogP contribution in [-0.2, 0) is 16.9 Å². The van der Waals surface area contributed by atoms with Crippen LogP contribution in [-0.4, -0.2) is 48.8 Å². The van der Waals surface area contributed by atoms with Crippen molar-refractivity contribution in [2.75, 3.05) is 11.5 Å². The lowest BCUT2D eigenvalue weighted by atomic mass is 10.2. The van der Waals surface area contributed by atoms with Crippen molar-refractivity contribution in [2.24, 2.45) is 7.05 Å². The summed E-state index contributed by atoms with van der Waals surface area (Å²) < 4.78 is 28.7. The molecule has 6 rings (SSSR count). The van der Waals surface area contributed by atoms with E-state index in [-0.39, 0.29) is 23.2 Å². The normalized spacial score (nSPS) is 18.1. The fourth-order valence-corrected chi connectivity index (χ4v) is 6.22. The molecular weight excluding hydrogens is 428 g/mol. The first-order chi connectivity index (χ1) is 15.4. The van der Waals surface area contributed by atoms with Crippen LogP contribution in [0.3, 0.4) is 0 Å². The molecule has 32 heavy (non-hydrogen) atoms. The Kier molecular flexibility index (Phi) is 3.97. The van der Waals surface area contributed by atoms with Gasteiger partial charge in [-0.15, -0.1) is 0 Å². The third-order valence-electron chi connectivity index (χ3n) is 6.18. The smallest absolute Gasteiger partial charge is 0.333 e. The van der Waals surface area contributed by atoms with Crippen LogP contribution in [0.2, 0.25) is 0 Å². The second-order valence-corrected chi connectivity index (χ2v) is 10.4. The van der Waals surface area contributed by atoms with Crippen LogP contribution in [0.5, 0.6) is 0 Å². The fourth-order valence-electron chi connectivity index (χ4n) is 4.51. The number of hydrogen-bond donors (Lipinski definition) is 1. The molecule has 0 spiro atoms. The van der Waals surface area contributed by atoms with E-state index in [0.29, 0.717) is 12.1 Å². The Hall–Kier alpha value is -3.66. The molecule has 1 atom stereocenters. The van der Waals surface area contributed by atoms with Gasteiger partial charge in [-0.05, 0) is 24.6 Å². The first-order valence-corrected chi connectivity index (χ1v) is 12.1.